The maximum Gasteiger partial charge on any atom is 0.119 e. The monoisotopic (exact) mass is 223 g/mol. The van der Waals surface area contributed by atoms with Crippen molar-refractivity contribution in [1.29, 1.82) is 0 Å². The molecule has 0 radical (unpaired) electrons. The lowest BCUT2D eigenvalue weighted by molar-refractivity contribution is 0.313. The standard InChI is InChI=1S/C12H17NOS/c1-2-10-5-3-6-11(9-10)14-8-4-7-12(13)15/h3,5-6,9H,2,4,7-8H2,1H3,(H2,13,15). The first kappa shape index (κ1) is 12.0. The third-order valence-electron chi connectivity index (χ3n) is 2.14. The van der Waals surface area contributed by atoms with E-state index in [0.29, 0.717) is 11.6 Å². The van der Waals surface area contributed by atoms with Crippen molar-refractivity contribution in [3.05, 3.63) is 29.8 Å². The fraction of sp³-hybridized carbons (Fsp3) is 0.417. The summed E-state index contributed by atoms with van der Waals surface area (Å²) in [5.41, 5.74) is 6.69. The van der Waals surface area contributed by atoms with Crippen LogP contribution in [0, 0.1) is 0 Å². The first-order chi connectivity index (χ1) is 7.22. The molecule has 0 aliphatic heterocycles. The molecule has 0 unspecified atom stereocenters. The molecular weight excluding hydrogens is 206 g/mol. The molecule has 2 N–H and O–H groups in total. The summed E-state index contributed by atoms with van der Waals surface area (Å²) in [6.45, 7) is 2.80. The van der Waals surface area contributed by atoms with Gasteiger partial charge in [-0.25, -0.2) is 0 Å². The fourth-order valence-electron chi connectivity index (χ4n) is 1.29. The van der Waals surface area contributed by atoms with Crippen molar-refractivity contribution in [3.8, 4) is 5.75 Å². The summed E-state index contributed by atoms with van der Waals surface area (Å²) >= 11 is 4.79. The normalized spacial score (nSPS) is 9.93. The number of nitrogens with two attached hydrogens (primary N) is 1. The molecule has 3 heteroatoms. The van der Waals surface area contributed by atoms with E-state index in [1.807, 2.05) is 12.1 Å². The Bertz CT molecular complexity index is 325. The molecule has 1 rings (SSSR count). The number of hydrogen-bond acceptors (Lipinski definition) is 2. The van der Waals surface area contributed by atoms with Crippen LogP contribution in [0.15, 0.2) is 24.3 Å². The Hall–Kier alpha value is -1.09. The van der Waals surface area contributed by atoms with Crippen molar-refractivity contribution in [2.75, 3.05) is 6.61 Å². The summed E-state index contributed by atoms with van der Waals surface area (Å²) in [4.78, 5) is 0.556. The Balaban J connectivity index is 2.33. The van der Waals surface area contributed by atoms with Crippen LogP contribution in [0.2, 0.25) is 0 Å². The molecule has 0 aliphatic rings. The molecule has 0 saturated carbocycles. The summed E-state index contributed by atoms with van der Waals surface area (Å²) in [6, 6.07) is 8.16. The van der Waals surface area contributed by atoms with Crippen LogP contribution in [0.5, 0.6) is 5.75 Å². The van der Waals surface area contributed by atoms with Gasteiger partial charge in [0.15, 0.2) is 0 Å². The number of aryl methyl sites for hydroxylation is 1. The zero-order valence-electron chi connectivity index (χ0n) is 9.03. The van der Waals surface area contributed by atoms with Crippen LogP contribution < -0.4 is 10.5 Å². The summed E-state index contributed by atoms with van der Waals surface area (Å²) < 4.78 is 5.58. The minimum absolute atomic E-state index is 0.556. The van der Waals surface area contributed by atoms with Gasteiger partial charge < -0.3 is 10.5 Å². The van der Waals surface area contributed by atoms with Crippen LogP contribution in [0.3, 0.4) is 0 Å². The van der Waals surface area contributed by atoms with Crippen molar-refractivity contribution in [3.63, 3.8) is 0 Å². The number of benzene rings is 1. The van der Waals surface area contributed by atoms with Gasteiger partial charge in [-0.05, 0) is 30.5 Å². The van der Waals surface area contributed by atoms with Crippen LogP contribution in [0.25, 0.3) is 0 Å². The Kier molecular flexibility index (Phi) is 5.12. The summed E-state index contributed by atoms with van der Waals surface area (Å²) in [7, 11) is 0. The minimum atomic E-state index is 0.556. The summed E-state index contributed by atoms with van der Waals surface area (Å²) in [5.74, 6) is 0.928. The Labute approximate surface area is 96.4 Å². The third kappa shape index (κ3) is 4.79. The molecule has 1 aromatic rings. The lowest BCUT2D eigenvalue weighted by Gasteiger charge is -2.06. The molecule has 0 aromatic heterocycles. The molecule has 0 saturated heterocycles. The first-order valence-corrected chi connectivity index (χ1v) is 5.63. The SMILES string of the molecule is CCc1cccc(OCCCC(N)=S)c1. The quantitative estimate of drug-likeness (QED) is 0.595. The van der Waals surface area contributed by atoms with E-state index in [4.69, 9.17) is 22.7 Å². The Morgan fingerprint density at radius 1 is 1.47 bits per heavy atom. The summed E-state index contributed by atoms with van der Waals surface area (Å²) in [5, 5.41) is 0. The molecule has 82 valence electrons. The molecule has 15 heavy (non-hydrogen) atoms. The highest BCUT2D eigenvalue weighted by molar-refractivity contribution is 7.80. The van der Waals surface area contributed by atoms with E-state index < -0.39 is 0 Å². The van der Waals surface area contributed by atoms with E-state index in [2.05, 4.69) is 19.1 Å². The van der Waals surface area contributed by atoms with E-state index in [-0.39, 0.29) is 0 Å². The molecule has 0 spiro atoms. The lowest BCUT2D eigenvalue weighted by atomic mass is 10.2. The number of rotatable bonds is 6. The predicted octanol–water partition coefficient (Wildman–Crippen LogP) is 2.69. The minimum Gasteiger partial charge on any atom is -0.494 e. The van der Waals surface area contributed by atoms with Crippen molar-refractivity contribution < 1.29 is 4.74 Å². The molecule has 0 fully saturated rings. The Morgan fingerprint density at radius 2 is 2.27 bits per heavy atom. The van der Waals surface area contributed by atoms with E-state index in [0.717, 1.165) is 25.0 Å². The zero-order chi connectivity index (χ0) is 11.1. The van der Waals surface area contributed by atoms with Gasteiger partial charge in [-0.15, -0.1) is 0 Å². The molecule has 0 aliphatic carbocycles. The van der Waals surface area contributed by atoms with E-state index in [1.54, 1.807) is 0 Å². The smallest absolute Gasteiger partial charge is 0.119 e. The van der Waals surface area contributed by atoms with Gasteiger partial charge in [-0.1, -0.05) is 31.3 Å². The van der Waals surface area contributed by atoms with Crippen molar-refractivity contribution >= 4 is 17.2 Å². The van der Waals surface area contributed by atoms with Crippen LogP contribution in [0.4, 0.5) is 0 Å². The van der Waals surface area contributed by atoms with Gasteiger partial charge in [-0.2, -0.15) is 0 Å². The maximum atomic E-state index is 5.58. The third-order valence-corrected chi connectivity index (χ3v) is 2.35. The second-order valence-electron chi connectivity index (χ2n) is 3.42. The molecule has 0 bridgehead atoms. The summed E-state index contributed by atoms with van der Waals surface area (Å²) in [6.07, 6.45) is 2.67. The van der Waals surface area contributed by atoms with Gasteiger partial charge >= 0.3 is 0 Å². The van der Waals surface area contributed by atoms with Crippen LogP contribution in [-0.4, -0.2) is 11.6 Å². The van der Waals surface area contributed by atoms with Crippen LogP contribution >= 0.6 is 12.2 Å². The maximum absolute atomic E-state index is 5.58. The first-order valence-electron chi connectivity index (χ1n) is 5.22. The number of ether oxygens (including phenoxy) is 1. The predicted molar refractivity (Wildman–Crippen MR) is 67.3 cm³/mol. The van der Waals surface area contributed by atoms with Gasteiger partial charge in [0.2, 0.25) is 0 Å². The van der Waals surface area contributed by atoms with Crippen molar-refractivity contribution in [2.24, 2.45) is 5.73 Å². The topological polar surface area (TPSA) is 35.2 Å². The molecule has 0 amide bonds. The van der Waals surface area contributed by atoms with E-state index in [9.17, 15) is 0 Å². The van der Waals surface area contributed by atoms with Gasteiger partial charge in [0.25, 0.3) is 0 Å². The van der Waals surface area contributed by atoms with E-state index >= 15 is 0 Å². The van der Waals surface area contributed by atoms with Gasteiger partial charge in [0, 0.05) is 6.42 Å². The highest BCUT2D eigenvalue weighted by Gasteiger charge is 1.96. The van der Waals surface area contributed by atoms with Crippen LogP contribution in [-0.2, 0) is 6.42 Å². The molecule has 1 aromatic carbocycles. The average molecular weight is 223 g/mol. The molecule has 0 heterocycles. The molecule has 2 nitrogen and oxygen atoms in total. The fourth-order valence-corrected chi connectivity index (χ4v) is 1.44. The largest absolute Gasteiger partial charge is 0.494 e. The zero-order valence-corrected chi connectivity index (χ0v) is 9.85. The van der Waals surface area contributed by atoms with Crippen LogP contribution in [0.1, 0.15) is 25.3 Å². The van der Waals surface area contributed by atoms with Gasteiger partial charge in [-0.3, -0.25) is 0 Å². The molecular formula is C12H17NOS. The average Bonchev–Trinajstić information content (AvgIpc) is 2.24. The second kappa shape index (κ2) is 6.40. The Morgan fingerprint density at radius 3 is 2.93 bits per heavy atom. The molecule has 0 atom stereocenters. The van der Waals surface area contributed by atoms with Gasteiger partial charge in [0.1, 0.15) is 5.75 Å². The van der Waals surface area contributed by atoms with E-state index in [1.165, 1.54) is 5.56 Å². The highest BCUT2D eigenvalue weighted by Crippen LogP contribution is 2.13. The lowest BCUT2D eigenvalue weighted by Crippen LogP contribution is -2.09. The van der Waals surface area contributed by atoms with Gasteiger partial charge in [0.05, 0.1) is 11.6 Å². The van der Waals surface area contributed by atoms with Crippen molar-refractivity contribution in [2.45, 2.75) is 26.2 Å². The second-order valence-corrected chi connectivity index (χ2v) is 3.94. The number of hydrogen-bond donors (Lipinski definition) is 1. The van der Waals surface area contributed by atoms with Crippen molar-refractivity contribution in [1.82, 2.24) is 0 Å². The highest BCUT2D eigenvalue weighted by atomic mass is 32.1. The number of thiocarbonyl (C=S) groups is 1.